The van der Waals surface area contributed by atoms with E-state index in [1.807, 2.05) is 0 Å². The molecule has 106 valence electrons. The van der Waals surface area contributed by atoms with Crippen LogP contribution in [0.15, 0.2) is 28.7 Å². The number of nitrogens with one attached hydrogen (secondary N) is 1. The highest BCUT2D eigenvalue weighted by molar-refractivity contribution is 9.10. The molecule has 0 radical (unpaired) electrons. The molecule has 19 heavy (non-hydrogen) atoms. The van der Waals surface area contributed by atoms with E-state index in [2.05, 4.69) is 52.4 Å². The van der Waals surface area contributed by atoms with Crippen molar-refractivity contribution in [2.45, 2.75) is 38.6 Å². The smallest absolute Gasteiger partial charge is 0.0494 e. The van der Waals surface area contributed by atoms with Crippen molar-refractivity contribution in [3.05, 3.63) is 34.3 Å². The van der Waals surface area contributed by atoms with E-state index < -0.39 is 0 Å². The third-order valence-electron chi connectivity index (χ3n) is 3.59. The maximum absolute atomic E-state index is 5.65. The first-order chi connectivity index (χ1) is 9.29. The predicted molar refractivity (Wildman–Crippen MR) is 83.3 cm³/mol. The third kappa shape index (κ3) is 5.64. The van der Waals surface area contributed by atoms with Gasteiger partial charge in [-0.3, -0.25) is 0 Å². The second-order valence-corrected chi connectivity index (χ2v) is 6.25. The van der Waals surface area contributed by atoms with Gasteiger partial charge in [0, 0.05) is 23.7 Å². The van der Waals surface area contributed by atoms with Crippen molar-refractivity contribution in [1.82, 2.24) is 5.32 Å². The van der Waals surface area contributed by atoms with E-state index in [1.165, 1.54) is 18.4 Å². The molecule has 1 atom stereocenters. The van der Waals surface area contributed by atoms with Gasteiger partial charge in [-0.2, -0.15) is 0 Å². The number of rotatable bonds is 9. The lowest BCUT2D eigenvalue weighted by molar-refractivity contribution is 0.121. The molecule has 0 heterocycles. The average Bonchev–Trinajstić information content (AvgIpc) is 3.24. The first-order valence-corrected chi connectivity index (χ1v) is 8.15. The van der Waals surface area contributed by atoms with Gasteiger partial charge in [-0.05, 0) is 55.8 Å². The van der Waals surface area contributed by atoms with Crippen molar-refractivity contribution < 1.29 is 4.74 Å². The number of halogens is 1. The van der Waals surface area contributed by atoms with Crippen LogP contribution < -0.4 is 5.32 Å². The molecular weight excluding hydrogens is 302 g/mol. The van der Waals surface area contributed by atoms with E-state index in [0.717, 1.165) is 43.0 Å². The van der Waals surface area contributed by atoms with Crippen molar-refractivity contribution >= 4 is 15.9 Å². The zero-order valence-electron chi connectivity index (χ0n) is 11.7. The lowest BCUT2D eigenvalue weighted by Crippen LogP contribution is -2.23. The Morgan fingerprint density at radius 3 is 2.68 bits per heavy atom. The fourth-order valence-corrected chi connectivity index (χ4v) is 2.44. The third-order valence-corrected chi connectivity index (χ3v) is 4.12. The molecule has 3 heteroatoms. The Labute approximate surface area is 125 Å². The first-order valence-electron chi connectivity index (χ1n) is 7.36. The molecule has 1 aromatic rings. The van der Waals surface area contributed by atoms with Crippen molar-refractivity contribution in [2.75, 3.05) is 19.8 Å². The minimum Gasteiger partial charge on any atom is -0.381 e. The van der Waals surface area contributed by atoms with Gasteiger partial charge in [0.15, 0.2) is 0 Å². The molecule has 1 fully saturated rings. The van der Waals surface area contributed by atoms with E-state index >= 15 is 0 Å². The summed E-state index contributed by atoms with van der Waals surface area (Å²) in [7, 11) is 0. The molecule has 0 amide bonds. The molecular formula is C16H24BrNO. The van der Waals surface area contributed by atoms with Crippen molar-refractivity contribution in [1.29, 1.82) is 0 Å². The maximum Gasteiger partial charge on any atom is 0.0494 e. The summed E-state index contributed by atoms with van der Waals surface area (Å²) >= 11 is 3.48. The maximum atomic E-state index is 5.65. The molecule has 1 aliphatic rings. The standard InChI is InChI=1S/C16H24BrNO/c1-2-16(14-6-8-15(17)9-7-14)18-10-3-11-19-12-13-4-5-13/h6-9,13,16,18H,2-5,10-12H2,1H3. The van der Waals surface area contributed by atoms with Crippen LogP contribution in [-0.2, 0) is 4.74 Å². The quantitative estimate of drug-likeness (QED) is 0.683. The summed E-state index contributed by atoms with van der Waals surface area (Å²) in [6, 6.07) is 9.05. The van der Waals surface area contributed by atoms with Crippen LogP contribution >= 0.6 is 15.9 Å². The molecule has 1 aliphatic carbocycles. The lowest BCUT2D eigenvalue weighted by atomic mass is 10.0. The highest BCUT2D eigenvalue weighted by Crippen LogP contribution is 2.28. The van der Waals surface area contributed by atoms with Crippen LogP contribution in [0.5, 0.6) is 0 Å². The highest BCUT2D eigenvalue weighted by atomic mass is 79.9. The Hall–Kier alpha value is -0.380. The second kappa shape index (κ2) is 8.03. The second-order valence-electron chi connectivity index (χ2n) is 5.34. The lowest BCUT2D eigenvalue weighted by Gasteiger charge is -2.17. The Morgan fingerprint density at radius 2 is 2.05 bits per heavy atom. The summed E-state index contributed by atoms with van der Waals surface area (Å²) in [5.74, 6) is 0.874. The minimum atomic E-state index is 0.455. The van der Waals surface area contributed by atoms with E-state index in [0.29, 0.717) is 6.04 Å². The molecule has 0 aromatic heterocycles. The molecule has 1 aromatic carbocycles. The van der Waals surface area contributed by atoms with Crippen molar-refractivity contribution in [3.63, 3.8) is 0 Å². The van der Waals surface area contributed by atoms with Crippen molar-refractivity contribution in [3.8, 4) is 0 Å². The van der Waals surface area contributed by atoms with Gasteiger partial charge in [-0.25, -0.2) is 0 Å². The Bertz CT molecular complexity index is 362. The van der Waals surface area contributed by atoms with Crippen LogP contribution in [0.25, 0.3) is 0 Å². The average molecular weight is 326 g/mol. The molecule has 2 nitrogen and oxygen atoms in total. The molecule has 1 unspecified atom stereocenters. The molecule has 1 N–H and O–H groups in total. The first kappa shape index (κ1) is 15.0. The zero-order chi connectivity index (χ0) is 13.5. The monoisotopic (exact) mass is 325 g/mol. The number of hydrogen-bond donors (Lipinski definition) is 1. The topological polar surface area (TPSA) is 21.3 Å². The highest BCUT2D eigenvalue weighted by Gasteiger charge is 2.20. The summed E-state index contributed by atoms with van der Waals surface area (Å²) in [4.78, 5) is 0. The molecule has 0 bridgehead atoms. The van der Waals surface area contributed by atoms with Gasteiger partial charge in [-0.15, -0.1) is 0 Å². The summed E-state index contributed by atoms with van der Waals surface area (Å²) in [5.41, 5.74) is 1.37. The van der Waals surface area contributed by atoms with E-state index in [-0.39, 0.29) is 0 Å². The summed E-state index contributed by atoms with van der Waals surface area (Å²) < 4.78 is 6.79. The molecule has 0 saturated heterocycles. The molecule has 1 saturated carbocycles. The van der Waals surface area contributed by atoms with Crippen LogP contribution in [0.3, 0.4) is 0 Å². The van der Waals surface area contributed by atoms with Gasteiger partial charge in [-0.1, -0.05) is 35.0 Å². The van der Waals surface area contributed by atoms with E-state index in [1.54, 1.807) is 0 Å². The van der Waals surface area contributed by atoms with Gasteiger partial charge in [0.05, 0.1) is 0 Å². The van der Waals surface area contributed by atoms with E-state index in [4.69, 9.17) is 4.74 Å². The van der Waals surface area contributed by atoms with Crippen molar-refractivity contribution in [2.24, 2.45) is 5.92 Å². The van der Waals surface area contributed by atoms with Gasteiger partial charge in [0.25, 0.3) is 0 Å². The summed E-state index contributed by atoms with van der Waals surface area (Å²) in [6.45, 7) is 5.12. The number of hydrogen-bond acceptors (Lipinski definition) is 2. The van der Waals surface area contributed by atoms with Gasteiger partial charge < -0.3 is 10.1 Å². The Kier molecular flexibility index (Phi) is 6.35. The van der Waals surface area contributed by atoms with Crippen LogP contribution in [0.4, 0.5) is 0 Å². The van der Waals surface area contributed by atoms with Gasteiger partial charge >= 0.3 is 0 Å². The SMILES string of the molecule is CCC(NCCCOCC1CC1)c1ccc(Br)cc1. The summed E-state index contributed by atoms with van der Waals surface area (Å²) in [6.07, 6.45) is 4.96. The largest absolute Gasteiger partial charge is 0.381 e. The molecule has 0 aliphatic heterocycles. The van der Waals surface area contributed by atoms with Crippen LogP contribution in [0.1, 0.15) is 44.2 Å². The number of ether oxygens (including phenoxy) is 1. The van der Waals surface area contributed by atoms with Crippen LogP contribution in [-0.4, -0.2) is 19.8 Å². The predicted octanol–water partition coefficient (Wildman–Crippen LogP) is 4.31. The number of benzene rings is 1. The van der Waals surface area contributed by atoms with E-state index in [9.17, 15) is 0 Å². The molecule has 0 spiro atoms. The fraction of sp³-hybridized carbons (Fsp3) is 0.625. The van der Waals surface area contributed by atoms with Crippen LogP contribution in [0.2, 0.25) is 0 Å². The fourth-order valence-electron chi connectivity index (χ4n) is 2.18. The van der Waals surface area contributed by atoms with Gasteiger partial charge in [0.2, 0.25) is 0 Å². The molecule has 2 rings (SSSR count). The van der Waals surface area contributed by atoms with Gasteiger partial charge in [0.1, 0.15) is 0 Å². The summed E-state index contributed by atoms with van der Waals surface area (Å²) in [5, 5.41) is 3.61. The van der Waals surface area contributed by atoms with Crippen LogP contribution in [0, 0.1) is 5.92 Å². The minimum absolute atomic E-state index is 0.455. The normalized spacial score (nSPS) is 16.5. The zero-order valence-corrected chi connectivity index (χ0v) is 13.3. The Morgan fingerprint density at radius 1 is 1.32 bits per heavy atom. The Balaban J connectivity index is 1.62.